The summed E-state index contributed by atoms with van der Waals surface area (Å²) in [5.74, 6) is 0.608. The molecule has 5 N–H and O–H groups in total. The fourth-order valence-electron chi connectivity index (χ4n) is 0.932. The van der Waals surface area contributed by atoms with E-state index in [0.717, 1.165) is 5.69 Å². The summed E-state index contributed by atoms with van der Waals surface area (Å²) >= 11 is 5.46. The van der Waals surface area contributed by atoms with E-state index in [2.05, 4.69) is 10.6 Å². The van der Waals surface area contributed by atoms with Gasteiger partial charge in [-0.1, -0.05) is 0 Å². The molecule has 1 rings (SSSR count). The monoisotopic (exact) mass is 203 g/mol. The van der Waals surface area contributed by atoms with Crippen LogP contribution in [-0.2, 0) is 0 Å². The van der Waals surface area contributed by atoms with Crippen molar-refractivity contribution in [1.29, 1.82) is 0 Å². The third-order valence-corrected chi connectivity index (χ3v) is 1.70. The van der Waals surface area contributed by atoms with Crippen molar-refractivity contribution < 1.29 is 15.6 Å². The van der Waals surface area contributed by atoms with Crippen LogP contribution in [-0.4, -0.2) is 18.3 Å². The number of hydrogen-bond acceptors (Lipinski definition) is 3. The molecule has 1 aromatic rings. The average molecular weight is 204 g/mol. The fraction of sp³-hybridized carbons (Fsp3) is 0.250. The van der Waals surface area contributed by atoms with Gasteiger partial charge in [-0.25, -0.2) is 0 Å². The van der Waals surface area contributed by atoms with Gasteiger partial charge in [0.15, 0.2) is 0 Å². The Labute approximate surface area is 81.4 Å². The molecule has 5 heteroatoms. The summed E-state index contributed by atoms with van der Waals surface area (Å²) in [7, 11) is 0. The van der Waals surface area contributed by atoms with Crippen molar-refractivity contribution in [3.63, 3.8) is 0 Å². The number of quaternary nitrogens is 1. The molecule has 0 aliphatic rings. The minimum Gasteiger partial charge on any atom is -0.489 e. The summed E-state index contributed by atoms with van der Waals surface area (Å²) in [6.45, 7) is 0.232. The molecule has 0 saturated carbocycles. The molecule has 0 atom stereocenters. The second-order valence-corrected chi connectivity index (χ2v) is 2.69. The van der Waals surface area contributed by atoms with Crippen LogP contribution in [0.3, 0.4) is 0 Å². The lowest BCUT2D eigenvalue weighted by Gasteiger charge is -2.08. The van der Waals surface area contributed by atoms with Gasteiger partial charge in [0.25, 0.3) is 0 Å². The summed E-state index contributed by atoms with van der Waals surface area (Å²) in [4.78, 5) is 2.47. The fourth-order valence-corrected chi connectivity index (χ4v) is 1.08. The van der Waals surface area contributed by atoms with Crippen LogP contribution in [0.15, 0.2) is 18.2 Å². The predicted molar refractivity (Wildman–Crippen MR) is 51.0 cm³/mol. The first-order valence-corrected chi connectivity index (χ1v) is 4.22. The maximum atomic E-state index is 8.56. The van der Waals surface area contributed by atoms with E-state index in [0.29, 0.717) is 11.4 Å². The summed E-state index contributed by atoms with van der Waals surface area (Å²) in [5, 5.41) is 8.56. The zero-order valence-corrected chi connectivity index (χ0v) is 7.84. The van der Waals surface area contributed by atoms with Gasteiger partial charge in [-0.2, -0.15) is 0 Å². The second kappa shape index (κ2) is 4.91. The molecule has 72 valence electrons. The van der Waals surface area contributed by atoms with Crippen molar-refractivity contribution >= 4 is 23.2 Å². The summed E-state index contributed by atoms with van der Waals surface area (Å²) in [6.07, 6.45) is 0. The number of halogens is 1. The van der Waals surface area contributed by atoms with Crippen LogP contribution in [0.2, 0.25) is 0 Å². The molecule has 0 unspecified atom stereocenters. The van der Waals surface area contributed by atoms with Crippen molar-refractivity contribution in [1.82, 2.24) is 0 Å². The van der Waals surface area contributed by atoms with E-state index in [1.807, 2.05) is 6.07 Å². The Hall–Kier alpha value is -0.970. The van der Waals surface area contributed by atoms with Crippen LogP contribution < -0.4 is 15.3 Å². The van der Waals surface area contributed by atoms with Gasteiger partial charge in [-0.3, -0.25) is 4.84 Å². The molecular formula is C8H12ClN2O2+. The van der Waals surface area contributed by atoms with Gasteiger partial charge in [0, 0.05) is 23.9 Å². The van der Waals surface area contributed by atoms with Gasteiger partial charge in [0.1, 0.15) is 18.0 Å². The zero-order chi connectivity index (χ0) is 9.68. The Morgan fingerprint density at radius 3 is 2.92 bits per heavy atom. The Kier molecular flexibility index (Phi) is 3.82. The number of hydrogen-bond donors (Lipinski definition) is 3. The molecule has 0 amide bonds. The Balaban J connectivity index is 2.79. The highest BCUT2D eigenvalue weighted by atomic mass is 35.5. The lowest BCUT2D eigenvalue weighted by atomic mass is 10.2. The van der Waals surface area contributed by atoms with E-state index in [1.165, 1.54) is 0 Å². The van der Waals surface area contributed by atoms with Gasteiger partial charge in [0.05, 0.1) is 12.3 Å². The van der Waals surface area contributed by atoms with Gasteiger partial charge >= 0.3 is 0 Å². The SMILES string of the molecule is [NH3+]c1ccc(OCCO)c(NCl)c1. The number of aliphatic hydroxyl groups excluding tert-OH is 1. The van der Waals surface area contributed by atoms with Crippen molar-refractivity contribution in [2.24, 2.45) is 0 Å². The third-order valence-electron chi connectivity index (χ3n) is 1.49. The van der Waals surface area contributed by atoms with Gasteiger partial charge < -0.3 is 15.6 Å². The first kappa shape index (κ1) is 10.1. The first-order valence-electron chi connectivity index (χ1n) is 3.84. The zero-order valence-electron chi connectivity index (χ0n) is 7.09. The van der Waals surface area contributed by atoms with Crippen molar-refractivity contribution in [2.45, 2.75) is 0 Å². The maximum Gasteiger partial charge on any atom is 0.144 e. The molecule has 13 heavy (non-hydrogen) atoms. The van der Waals surface area contributed by atoms with E-state index >= 15 is 0 Å². The predicted octanol–water partition coefficient (Wildman–Crippen LogP) is 0.497. The summed E-state index contributed by atoms with van der Waals surface area (Å²) in [5.41, 5.74) is 5.25. The molecule has 1 aromatic carbocycles. The number of nitrogens with one attached hydrogen (secondary N) is 1. The Bertz CT molecular complexity index is 281. The highest BCUT2D eigenvalue weighted by Gasteiger charge is 2.03. The van der Waals surface area contributed by atoms with E-state index < -0.39 is 0 Å². The minimum absolute atomic E-state index is 0.0200. The smallest absolute Gasteiger partial charge is 0.144 e. The van der Waals surface area contributed by atoms with E-state index in [4.69, 9.17) is 21.6 Å². The highest BCUT2D eigenvalue weighted by molar-refractivity contribution is 6.24. The van der Waals surface area contributed by atoms with Crippen molar-refractivity contribution in [3.8, 4) is 5.75 Å². The molecule has 0 aliphatic carbocycles. The van der Waals surface area contributed by atoms with E-state index in [1.54, 1.807) is 12.1 Å². The molecule has 0 bridgehead atoms. The number of anilines is 1. The molecule has 0 radical (unpaired) electrons. The third kappa shape index (κ3) is 2.77. The van der Waals surface area contributed by atoms with Crippen molar-refractivity contribution in [2.75, 3.05) is 18.0 Å². The quantitative estimate of drug-likeness (QED) is 0.624. The lowest BCUT2D eigenvalue weighted by Crippen LogP contribution is -2.40. The molecule has 0 aromatic heterocycles. The van der Waals surface area contributed by atoms with Crippen LogP contribution >= 0.6 is 11.8 Å². The normalized spacial score (nSPS) is 9.77. The van der Waals surface area contributed by atoms with Crippen LogP contribution in [0.1, 0.15) is 0 Å². The number of aliphatic hydroxyl groups is 1. The van der Waals surface area contributed by atoms with Crippen molar-refractivity contribution in [3.05, 3.63) is 18.2 Å². The van der Waals surface area contributed by atoms with Crippen LogP contribution in [0.5, 0.6) is 5.75 Å². The molecule has 0 spiro atoms. The molecule has 4 nitrogen and oxygen atoms in total. The van der Waals surface area contributed by atoms with Crippen LogP contribution in [0.4, 0.5) is 11.4 Å². The van der Waals surface area contributed by atoms with E-state index in [-0.39, 0.29) is 13.2 Å². The molecule has 0 fully saturated rings. The van der Waals surface area contributed by atoms with Gasteiger partial charge in [0.2, 0.25) is 0 Å². The largest absolute Gasteiger partial charge is 0.489 e. The molecule has 0 heterocycles. The van der Waals surface area contributed by atoms with Crippen LogP contribution in [0, 0.1) is 0 Å². The summed E-state index contributed by atoms with van der Waals surface area (Å²) in [6, 6.07) is 5.33. The topological polar surface area (TPSA) is 69.1 Å². The molecular weight excluding hydrogens is 192 g/mol. The van der Waals surface area contributed by atoms with E-state index in [9.17, 15) is 0 Å². The number of rotatable bonds is 4. The lowest BCUT2D eigenvalue weighted by molar-refractivity contribution is -0.254. The standard InChI is InChI=1S/C8H11ClN2O2/c9-11-7-5-6(10)1-2-8(7)13-4-3-12/h1-2,5,11-12H,3-4,10H2/p+1. The Morgan fingerprint density at radius 1 is 1.54 bits per heavy atom. The maximum absolute atomic E-state index is 8.56. The minimum atomic E-state index is -0.0200. The highest BCUT2D eigenvalue weighted by Crippen LogP contribution is 2.26. The van der Waals surface area contributed by atoms with Gasteiger partial charge in [-0.15, -0.1) is 0 Å². The number of benzene rings is 1. The second-order valence-electron chi connectivity index (χ2n) is 2.50. The Morgan fingerprint density at radius 2 is 2.31 bits per heavy atom. The summed E-state index contributed by atoms with van der Waals surface area (Å²) < 4.78 is 5.21. The van der Waals surface area contributed by atoms with Crippen LogP contribution in [0.25, 0.3) is 0 Å². The average Bonchev–Trinajstić information content (AvgIpc) is 2.16. The van der Waals surface area contributed by atoms with Gasteiger partial charge in [-0.05, 0) is 6.07 Å². The number of ether oxygens (including phenoxy) is 1. The molecule has 0 saturated heterocycles. The first-order chi connectivity index (χ1) is 6.27. The molecule has 0 aliphatic heterocycles.